The Morgan fingerprint density at radius 3 is 2.64 bits per heavy atom. The highest BCUT2D eigenvalue weighted by molar-refractivity contribution is 14.1. The number of anilines is 1. The molecule has 0 aliphatic rings. The van der Waals surface area contributed by atoms with Gasteiger partial charge in [0.25, 0.3) is 0 Å². The molecule has 0 saturated carbocycles. The van der Waals surface area contributed by atoms with Gasteiger partial charge in [-0.1, -0.05) is 0 Å². The van der Waals surface area contributed by atoms with Crippen molar-refractivity contribution >= 4 is 40.0 Å². The summed E-state index contributed by atoms with van der Waals surface area (Å²) < 4.78 is 0.951. The van der Waals surface area contributed by atoms with Crippen LogP contribution in [-0.2, 0) is 0 Å². The lowest BCUT2D eigenvalue weighted by Crippen LogP contribution is -2.19. The van der Waals surface area contributed by atoms with Crippen molar-refractivity contribution in [3.8, 4) is 0 Å². The minimum atomic E-state index is -0.180. The van der Waals surface area contributed by atoms with Gasteiger partial charge in [0.05, 0.1) is 6.61 Å². The molecular weight excluding hydrogens is 309 g/mol. The minimum Gasteiger partial charge on any atom is -0.398 e. The fourth-order valence-electron chi connectivity index (χ4n) is 0.942. The fourth-order valence-corrected chi connectivity index (χ4v) is 2.43. The Morgan fingerprint density at radius 2 is 2.14 bits per heavy atom. The molecule has 0 bridgehead atoms. The summed E-state index contributed by atoms with van der Waals surface area (Å²) in [5, 5.41) is 9.14. The molecule has 1 rings (SSSR count). The number of halogens is 1. The van der Waals surface area contributed by atoms with E-state index in [1.807, 2.05) is 32.0 Å². The Bertz CT molecular complexity index is 328. The lowest BCUT2D eigenvalue weighted by molar-refractivity contribution is 0.265. The molecule has 78 valence electrons. The fraction of sp³-hybridized carbons (Fsp3) is 0.400. The van der Waals surface area contributed by atoms with Crippen molar-refractivity contribution < 1.29 is 5.11 Å². The van der Waals surface area contributed by atoms with Crippen LogP contribution in [0.5, 0.6) is 0 Å². The normalized spacial score (nSPS) is 11.7. The highest BCUT2D eigenvalue weighted by atomic mass is 127. The van der Waals surface area contributed by atoms with Gasteiger partial charge in [-0.3, -0.25) is 0 Å². The third kappa shape index (κ3) is 3.33. The van der Waals surface area contributed by atoms with E-state index in [0.29, 0.717) is 0 Å². The van der Waals surface area contributed by atoms with E-state index in [0.717, 1.165) is 14.2 Å². The Morgan fingerprint density at radius 1 is 1.50 bits per heavy atom. The van der Waals surface area contributed by atoms with Gasteiger partial charge in [0, 0.05) is 18.9 Å². The van der Waals surface area contributed by atoms with Crippen LogP contribution in [0.2, 0.25) is 0 Å². The van der Waals surface area contributed by atoms with Gasteiger partial charge >= 0.3 is 0 Å². The average molecular weight is 323 g/mol. The van der Waals surface area contributed by atoms with Crippen LogP contribution >= 0.6 is 34.4 Å². The molecule has 0 heterocycles. The molecule has 4 heteroatoms. The highest BCUT2D eigenvalue weighted by Gasteiger charge is 2.19. The maximum atomic E-state index is 9.14. The van der Waals surface area contributed by atoms with E-state index in [1.165, 1.54) is 0 Å². The van der Waals surface area contributed by atoms with Crippen molar-refractivity contribution in [3.05, 3.63) is 21.8 Å². The maximum Gasteiger partial charge on any atom is 0.0576 e. The Labute approximate surface area is 102 Å². The summed E-state index contributed by atoms with van der Waals surface area (Å²) in [6.07, 6.45) is 0. The summed E-state index contributed by atoms with van der Waals surface area (Å²) in [5.41, 5.74) is 6.66. The van der Waals surface area contributed by atoms with Crippen LogP contribution in [0, 0.1) is 3.57 Å². The van der Waals surface area contributed by atoms with Crippen LogP contribution in [0.4, 0.5) is 5.69 Å². The van der Waals surface area contributed by atoms with Crippen molar-refractivity contribution in [1.29, 1.82) is 0 Å². The molecule has 2 nitrogen and oxygen atoms in total. The van der Waals surface area contributed by atoms with Crippen molar-refractivity contribution in [2.75, 3.05) is 12.3 Å². The number of benzene rings is 1. The van der Waals surface area contributed by atoms with Gasteiger partial charge in [0.2, 0.25) is 0 Å². The topological polar surface area (TPSA) is 46.2 Å². The van der Waals surface area contributed by atoms with Crippen LogP contribution in [0.25, 0.3) is 0 Å². The summed E-state index contributed by atoms with van der Waals surface area (Å²) in [6.45, 7) is 4.13. The molecule has 0 unspecified atom stereocenters. The molecule has 0 atom stereocenters. The zero-order valence-corrected chi connectivity index (χ0v) is 11.2. The highest BCUT2D eigenvalue weighted by Crippen LogP contribution is 2.35. The number of nitrogen functional groups attached to an aromatic ring is 1. The molecule has 14 heavy (non-hydrogen) atoms. The summed E-state index contributed by atoms with van der Waals surface area (Å²) >= 11 is 3.83. The first-order valence-corrected chi connectivity index (χ1v) is 6.19. The first kappa shape index (κ1) is 12.1. The summed E-state index contributed by atoms with van der Waals surface area (Å²) in [5.74, 6) is 0. The number of hydrogen-bond acceptors (Lipinski definition) is 3. The lowest BCUT2D eigenvalue weighted by atomic mass is 10.2. The van der Waals surface area contributed by atoms with Gasteiger partial charge in [-0.05, 0) is 54.6 Å². The predicted octanol–water partition coefficient (Wildman–Crippen LogP) is 2.74. The van der Waals surface area contributed by atoms with Crippen molar-refractivity contribution in [2.45, 2.75) is 23.5 Å². The minimum absolute atomic E-state index is 0.142. The van der Waals surface area contributed by atoms with E-state index in [1.54, 1.807) is 11.8 Å². The van der Waals surface area contributed by atoms with Crippen LogP contribution in [0.1, 0.15) is 13.8 Å². The molecule has 0 aromatic heterocycles. The molecule has 3 N–H and O–H groups in total. The second-order valence-electron chi connectivity index (χ2n) is 3.70. The number of thioether (sulfide) groups is 1. The van der Waals surface area contributed by atoms with Gasteiger partial charge in [-0.25, -0.2) is 0 Å². The van der Waals surface area contributed by atoms with Crippen molar-refractivity contribution in [2.24, 2.45) is 0 Å². The number of aliphatic hydroxyl groups excluding tert-OH is 1. The monoisotopic (exact) mass is 323 g/mol. The van der Waals surface area contributed by atoms with E-state index in [9.17, 15) is 0 Å². The van der Waals surface area contributed by atoms with Crippen LogP contribution in [-0.4, -0.2) is 16.5 Å². The lowest BCUT2D eigenvalue weighted by Gasteiger charge is -2.21. The Kier molecular flexibility index (Phi) is 4.09. The Hall–Kier alpha value is 0.0600. The number of hydrogen-bond donors (Lipinski definition) is 2. The molecule has 0 amide bonds. The van der Waals surface area contributed by atoms with E-state index in [2.05, 4.69) is 22.6 Å². The van der Waals surface area contributed by atoms with Crippen molar-refractivity contribution in [1.82, 2.24) is 0 Å². The number of nitrogens with two attached hydrogens (primary N) is 1. The molecular formula is C10H14INOS. The van der Waals surface area contributed by atoms with E-state index in [4.69, 9.17) is 10.8 Å². The smallest absolute Gasteiger partial charge is 0.0576 e. The van der Waals surface area contributed by atoms with Crippen molar-refractivity contribution in [3.63, 3.8) is 0 Å². The van der Waals surface area contributed by atoms with E-state index in [-0.39, 0.29) is 11.4 Å². The molecule has 1 aromatic rings. The van der Waals surface area contributed by atoms with Gasteiger partial charge in [-0.15, -0.1) is 11.8 Å². The van der Waals surface area contributed by atoms with Gasteiger partial charge in [-0.2, -0.15) is 0 Å². The third-order valence-corrected chi connectivity index (χ3v) is 3.68. The standard InChI is InChI=1S/C10H14INOS/c1-10(2,6-13)14-9-4-3-7(11)5-8(9)12/h3-5,13H,6,12H2,1-2H3. The first-order valence-electron chi connectivity index (χ1n) is 4.29. The van der Waals surface area contributed by atoms with Crippen LogP contribution < -0.4 is 5.73 Å². The molecule has 0 aliphatic carbocycles. The van der Waals surface area contributed by atoms with Crippen LogP contribution in [0.3, 0.4) is 0 Å². The molecule has 0 fully saturated rings. The molecule has 0 saturated heterocycles. The largest absolute Gasteiger partial charge is 0.398 e. The van der Waals surface area contributed by atoms with Gasteiger partial charge in [0.1, 0.15) is 0 Å². The number of aliphatic hydroxyl groups is 1. The molecule has 0 radical (unpaired) electrons. The summed E-state index contributed by atoms with van der Waals surface area (Å²) in [4.78, 5) is 1.03. The van der Waals surface area contributed by atoms with E-state index >= 15 is 0 Å². The quantitative estimate of drug-likeness (QED) is 0.511. The SMILES string of the molecule is CC(C)(CO)Sc1ccc(I)cc1N. The number of rotatable bonds is 3. The summed E-state index contributed by atoms with van der Waals surface area (Å²) in [6, 6.07) is 5.96. The van der Waals surface area contributed by atoms with Crippen LogP contribution in [0.15, 0.2) is 23.1 Å². The van der Waals surface area contributed by atoms with Gasteiger partial charge in [0.15, 0.2) is 0 Å². The molecule has 0 spiro atoms. The van der Waals surface area contributed by atoms with E-state index < -0.39 is 0 Å². The van der Waals surface area contributed by atoms with Gasteiger partial charge < -0.3 is 10.8 Å². The second-order valence-corrected chi connectivity index (χ2v) is 6.70. The maximum absolute atomic E-state index is 9.14. The molecule has 0 aliphatic heterocycles. The average Bonchev–Trinajstić information content (AvgIpc) is 2.10. The zero-order chi connectivity index (χ0) is 10.8. The first-order chi connectivity index (χ1) is 6.44. The zero-order valence-electron chi connectivity index (χ0n) is 8.25. The third-order valence-electron chi connectivity index (χ3n) is 1.74. The second kappa shape index (κ2) is 4.72. The Balaban J connectivity index is 2.87. The summed E-state index contributed by atoms with van der Waals surface area (Å²) in [7, 11) is 0. The molecule has 1 aromatic carbocycles. The predicted molar refractivity (Wildman–Crippen MR) is 70.6 cm³/mol.